The first kappa shape index (κ1) is 25.6. The zero-order valence-electron chi connectivity index (χ0n) is 14.6. The molecule has 0 rings (SSSR count). The SMILES string of the molecule is C=CC(=O)OCCCC.CC=C(C)C(=O)O.CC=C(C)C(=O)O. The van der Waals surface area contributed by atoms with Gasteiger partial charge >= 0.3 is 17.9 Å². The Hall–Kier alpha value is -2.37. The standard InChI is InChI=1S/C7H12O2.2C5H8O2/c1-3-5-6-9-7(8)4-2;2*1-3-4(2)5(6)7/h4H,2-3,5-6H2,1H3;2*3H,1-2H3,(H,6,7). The fourth-order valence-corrected chi connectivity index (χ4v) is 0.623. The highest BCUT2D eigenvalue weighted by molar-refractivity contribution is 5.85. The summed E-state index contributed by atoms with van der Waals surface area (Å²) in [6.07, 6.45) is 6.27. The van der Waals surface area contributed by atoms with Crippen LogP contribution >= 0.6 is 0 Å². The molecule has 6 heteroatoms. The van der Waals surface area contributed by atoms with Crippen molar-refractivity contribution in [2.24, 2.45) is 0 Å². The summed E-state index contributed by atoms with van der Waals surface area (Å²) in [4.78, 5) is 30.1. The molecule has 0 fully saturated rings. The highest BCUT2D eigenvalue weighted by atomic mass is 16.5. The third kappa shape index (κ3) is 22.1. The quantitative estimate of drug-likeness (QED) is 0.439. The number of ether oxygens (including phenoxy) is 1. The van der Waals surface area contributed by atoms with E-state index in [1.165, 1.54) is 6.08 Å². The van der Waals surface area contributed by atoms with Gasteiger partial charge in [0.25, 0.3) is 0 Å². The van der Waals surface area contributed by atoms with Gasteiger partial charge in [0.1, 0.15) is 0 Å². The Morgan fingerprint density at radius 2 is 1.39 bits per heavy atom. The van der Waals surface area contributed by atoms with E-state index in [1.54, 1.807) is 39.8 Å². The number of carbonyl (C=O) groups excluding carboxylic acids is 1. The van der Waals surface area contributed by atoms with Crippen LogP contribution in [0.3, 0.4) is 0 Å². The lowest BCUT2D eigenvalue weighted by Crippen LogP contribution is -2.00. The van der Waals surface area contributed by atoms with Crippen LogP contribution in [0.5, 0.6) is 0 Å². The molecule has 0 radical (unpaired) electrons. The van der Waals surface area contributed by atoms with E-state index in [0.29, 0.717) is 17.8 Å². The molecular formula is C17H28O6. The number of carbonyl (C=O) groups is 3. The minimum Gasteiger partial charge on any atom is -0.478 e. The summed E-state index contributed by atoms with van der Waals surface area (Å²) in [5, 5.41) is 16.2. The predicted molar refractivity (Wildman–Crippen MR) is 90.2 cm³/mol. The molecular weight excluding hydrogens is 300 g/mol. The number of esters is 1. The van der Waals surface area contributed by atoms with Gasteiger partial charge in [-0.25, -0.2) is 14.4 Å². The summed E-state index contributed by atoms with van der Waals surface area (Å²) >= 11 is 0. The summed E-state index contributed by atoms with van der Waals surface area (Å²) in [6, 6.07) is 0. The van der Waals surface area contributed by atoms with Crippen LogP contribution in [0.25, 0.3) is 0 Å². The second kappa shape index (κ2) is 17.7. The predicted octanol–water partition coefficient (Wildman–Crippen LogP) is 3.59. The molecule has 0 aromatic carbocycles. The maximum atomic E-state index is 10.3. The molecule has 0 saturated heterocycles. The van der Waals surface area contributed by atoms with Gasteiger partial charge < -0.3 is 14.9 Å². The molecule has 0 bridgehead atoms. The Morgan fingerprint density at radius 1 is 1.00 bits per heavy atom. The van der Waals surface area contributed by atoms with Gasteiger partial charge in [-0.05, 0) is 34.1 Å². The van der Waals surface area contributed by atoms with Crippen molar-refractivity contribution < 1.29 is 29.3 Å². The van der Waals surface area contributed by atoms with Crippen LogP contribution in [0.15, 0.2) is 36.0 Å². The molecule has 0 heterocycles. The van der Waals surface area contributed by atoms with Crippen molar-refractivity contribution >= 4 is 17.9 Å². The lowest BCUT2D eigenvalue weighted by Gasteiger charge is -1.97. The number of hydrogen-bond acceptors (Lipinski definition) is 4. The van der Waals surface area contributed by atoms with E-state index in [-0.39, 0.29) is 5.97 Å². The largest absolute Gasteiger partial charge is 0.478 e. The van der Waals surface area contributed by atoms with Crippen LogP contribution < -0.4 is 0 Å². The van der Waals surface area contributed by atoms with Gasteiger partial charge in [-0.15, -0.1) is 0 Å². The number of carboxylic acid groups (broad SMARTS) is 2. The zero-order valence-corrected chi connectivity index (χ0v) is 14.6. The van der Waals surface area contributed by atoms with Crippen LogP contribution in [0.2, 0.25) is 0 Å². The number of unbranched alkanes of at least 4 members (excludes halogenated alkanes) is 1. The molecule has 0 aromatic heterocycles. The summed E-state index contributed by atoms with van der Waals surface area (Å²) in [5.41, 5.74) is 0.778. The Bertz CT molecular complexity index is 404. The fraction of sp³-hybridized carbons (Fsp3) is 0.471. The molecule has 23 heavy (non-hydrogen) atoms. The van der Waals surface area contributed by atoms with Gasteiger partial charge in [0.2, 0.25) is 0 Å². The first-order chi connectivity index (χ1) is 10.7. The number of rotatable bonds is 6. The molecule has 0 aliphatic heterocycles. The average molecular weight is 328 g/mol. The summed E-state index contributed by atoms with van der Waals surface area (Å²) in [5.74, 6) is -2.02. The van der Waals surface area contributed by atoms with Crippen molar-refractivity contribution in [1.82, 2.24) is 0 Å². The summed E-state index contributed by atoms with van der Waals surface area (Å²) < 4.78 is 4.67. The number of hydrogen-bond donors (Lipinski definition) is 2. The molecule has 0 atom stereocenters. The van der Waals surface area contributed by atoms with Crippen LogP contribution in [-0.4, -0.2) is 34.7 Å². The highest BCUT2D eigenvalue weighted by Gasteiger charge is 1.94. The summed E-state index contributed by atoms with van der Waals surface area (Å²) in [7, 11) is 0. The van der Waals surface area contributed by atoms with E-state index in [9.17, 15) is 14.4 Å². The van der Waals surface area contributed by atoms with Crippen molar-refractivity contribution in [3.63, 3.8) is 0 Å². The Labute approximate surface area is 138 Å². The molecule has 0 amide bonds. The minimum absolute atomic E-state index is 0.330. The van der Waals surface area contributed by atoms with Crippen molar-refractivity contribution in [2.45, 2.75) is 47.5 Å². The van der Waals surface area contributed by atoms with Crippen molar-refractivity contribution in [3.05, 3.63) is 36.0 Å². The maximum absolute atomic E-state index is 10.3. The molecule has 6 nitrogen and oxygen atoms in total. The zero-order chi connectivity index (χ0) is 18.8. The van der Waals surface area contributed by atoms with E-state index >= 15 is 0 Å². The summed E-state index contributed by atoms with van der Waals surface area (Å²) in [6.45, 7) is 12.3. The Kier molecular flexibility index (Phi) is 19.7. The molecule has 0 aliphatic rings. The number of carboxylic acids is 2. The van der Waals surface area contributed by atoms with Crippen molar-refractivity contribution in [1.29, 1.82) is 0 Å². The second-order valence-electron chi connectivity index (χ2n) is 4.28. The lowest BCUT2D eigenvalue weighted by molar-refractivity contribution is -0.138. The Balaban J connectivity index is -0.000000264. The Morgan fingerprint density at radius 3 is 1.57 bits per heavy atom. The van der Waals surface area contributed by atoms with Crippen molar-refractivity contribution in [2.75, 3.05) is 6.61 Å². The van der Waals surface area contributed by atoms with Crippen LogP contribution in [0.1, 0.15) is 47.5 Å². The van der Waals surface area contributed by atoms with Crippen molar-refractivity contribution in [3.8, 4) is 0 Å². The third-order valence-corrected chi connectivity index (χ3v) is 2.45. The number of allylic oxidation sites excluding steroid dienone is 2. The van der Waals surface area contributed by atoms with Gasteiger partial charge in [0.05, 0.1) is 6.61 Å². The molecule has 132 valence electrons. The monoisotopic (exact) mass is 328 g/mol. The maximum Gasteiger partial charge on any atom is 0.330 e. The van der Waals surface area contributed by atoms with E-state index in [2.05, 4.69) is 11.3 Å². The van der Waals surface area contributed by atoms with Crippen LogP contribution in [0, 0.1) is 0 Å². The second-order valence-corrected chi connectivity index (χ2v) is 4.28. The molecule has 0 spiro atoms. The molecule has 0 unspecified atom stereocenters. The first-order valence-electron chi connectivity index (χ1n) is 7.19. The average Bonchev–Trinajstić information content (AvgIpc) is 2.54. The van der Waals surface area contributed by atoms with Gasteiger partial charge in [-0.3, -0.25) is 0 Å². The van der Waals surface area contributed by atoms with Gasteiger partial charge in [0, 0.05) is 17.2 Å². The fourth-order valence-electron chi connectivity index (χ4n) is 0.623. The topological polar surface area (TPSA) is 101 Å². The normalized spacial score (nSPS) is 10.3. The highest BCUT2D eigenvalue weighted by Crippen LogP contribution is 1.89. The van der Waals surface area contributed by atoms with E-state index < -0.39 is 11.9 Å². The third-order valence-electron chi connectivity index (χ3n) is 2.45. The smallest absolute Gasteiger partial charge is 0.330 e. The van der Waals surface area contributed by atoms with E-state index in [0.717, 1.165) is 12.8 Å². The number of aliphatic carboxylic acids is 2. The van der Waals surface area contributed by atoms with Gasteiger partial charge in [-0.1, -0.05) is 32.1 Å². The lowest BCUT2D eigenvalue weighted by atomic mass is 10.3. The van der Waals surface area contributed by atoms with Gasteiger partial charge in [0.15, 0.2) is 0 Å². The minimum atomic E-state index is -0.845. The van der Waals surface area contributed by atoms with Crippen LogP contribution in [-0.2, 0) is 19.1 Å². The van der Waals surface area contributed by atoms with Gasteiger partial charge in [-0.2, -0.15) is 0 Å². The molecule has 0 aliphatic carbocycles. The molecule has 0 aromatic rings. The van der Waals surface area contributed by atoms with E-state index in [1.807, 2.05) is 6.92 Å². The molecule has 2 N–H and O–H groups in total. The van der Waals surface area contributed by atoms with E-state index in [4.69, 9.17) is 10.2 Å². The first-order valence-corrected chi connectivity index (χ1v) is 7.19. The molecule has 0 saturated carbocycles. The van der Waals surface area contributed by atoms with Crippen LogP contribution in [0.4, 0.5) is 0 Å².